The number of anilines is 1. The summed E-state index contributed by atoms with van der Waals surface area (Å²) in [5.74, 6) is 0.148. The van der Waals surface area contributed by atoms with Crippen molar-refractivity contribution in [2.24, 2.45) is 5.92 Å². The molecule has 0 fully saturated rings. The average molecular weight is 323 g/mol. The van der Waals surface area contributed by atoms with Crippen LogP contribution in [0.5, 0.6) is 0 Å². The zero-order chi connectivity index (χ0) is 15.6. The van der Waals surface area contributed by atoms with Gasteiger partial charge in [0.2, 0.25) is 5.91 Å². The summed E-state index contributed by atoms with van der Waals surface area (Å²) in [6.07, 6.45) is 8.93. The van der Waals surface area contributed by atoms with Crippen molar-refractivity contribution >= 4 is 33.3 Å². The molecule has 0 radical (unpaired) electrons. The molecular weight excluding hydrogens is 306 g/mol. The van der Waals surface area contributed by atoms with Crippen molar-refractivity contribution in [3.63, 3.8) is 0 Å². The maximum atomic E-state index is 12.3. The number of hydrogen-bond donors (Lipinski definition) is 2. The van der Waals surface area contributed by atoms with E-state index < -0.39 is 0 Å². The molecule has 0 aliphatic heterocycles. The normalized spacial score (nSPS) is 17.5. The van der Waals surface area contributed by atoms with Crippen LogP contribution < -0.4 is 5.32 Å². The number of aromatic nitrogens is 2. The van der Waals surface area contributed by atoms with Crippen molar-refractivity contribution in [2.45, 2.75) is 19.3 Å². The fourth-order valence-corrected chi connectivity index (χ4v) is 3.69. The number of nitrogens with zero attached hydrogens (tertiary/aromatic N) is 1. The molecule has 4 nitrogen and oxygen atoms in total. The van der Waals surface area contributed by atoms with Gasteiger partial charge >= 0.3 is 0 Å². The number of thiazole rings is 1. The van der Waals surface area contributed by atoms with Gasteiger partial charge in [-0.3, -0.25) is 4.79 Å². The molecule has 0 spiro atoms. The van der Waals surface area contributed by atoms with Gasteiger partial charge in [0.05, 0.1) is 5.69 Å². The molecule has 1 aliphatic rings. The average Bonchev–Trinajstić information content (AvgIpc) is 3.22. The number of nitrogens with one attached hydrogen (secondary N) is 2. The number of amides is 1. The summed E-state index contributed by atoms with van der Waals surface area (Å²) in [4.78, 5) is 20.1. The van der Waals surface area contributed by atoms with Crippen LogP contribution in [0.3, 0.4) is 0 Å². The molecule has 0 saturated carbocycles. The fraction of sp³-hybridized carbons (Fsp3) is 0.222. The Kier molecular flexibility index (Phi) is 3.71. The number of H-pyrrole nitrogens is 1. The molecule has 3 aromatic rings. The van der Waals surface area contributed by atoms with E-state index in [-0.39, 0.29) is 11.8 Å². The second-order valence-electron chi connectivity index (χ2n) is 5.76. The van der Waals surface area contributed by atoms with Crippen LogP contribution in [0.1, 0.15) is 19.3 Å². The molecule has 2 N–H and O–H groups in total. The van der Waals surface area contributed by atoms with Crippen molar-refractivity contribution in [2.75, 3.05) is 5.32 Å². The first-order valence-electron chi connectivity index (χ1n) is 7.79. The lowest BCUT2D eigenvalue weighted by molar-refractivity contribution is -0.120. The quantitative estimate of drug-likeness (QED) is 0.693. The molecule has 0 saturated heterocycles. The van der Waals surface area contributed by atoms with E-state index in [1.165, 1.54) is 11.3 Å². The Hall–Kier alpha value is -2.40. The van der Waals surface area contributed by atoms with Crippen molar-refractivity contribution in [3.05, 3.63) is 48.0 Å². The summed E-state index contributed by atoms with van der Waals surface area (Å²) in [7, 11) is 0. The van der Waals surface area contributed by atoms with Gasteiger partial charge in [0.1, 0.15) is 0 Å². The lowest BCUT2D eigenvalue weighted by Gasteiger charge is -2.15. The second kappa shape index (κ2) is 6.01. The number of benzene rings is 1. The Balaban J connectivity index is 1.55. The summed E-state index contributed by atoms with van der Waals surface area (Å²) in [5.41, 5.74) is 3.05. The minimum absolute atomic E-state index is 0.0699. The molecule has 0 bridgehead atoms. The molecule has 0 unspecified atom stereocenters. The van der Waals surface area contributed by atoms with Crippen LogP contribution in [-0.2, 0) is 4.79 Å². The molecule has 5 heteroatoms. The van der Waals surface area contributed by atoms with Crippen molar-refractivity contribution in [1.82, 2.24) is 9.97 Å². The zero-order valence-electron chi connectivity index (χ0n) is 12.6. The Labute approximate surface area is 138 Å². The number of carbonyl (C=O) groups excluding carboxylic acids is 1. The lowest BCUT2D eigenvalue weighted by Crippen LogP contribution is -2.23. The number of rotatable bonds is 3. The van der Waals surface area contributed by atoms with Crippen LogP contribution >= 0.6 is 11.3 Å². The van der Waals surface area contributed by atoms with Gasteiger partial charge in [-0.05, 0) is 25.3 Å². The molecule has 2 heterocycles. The van der Waals surface area contributed by atoms with E-state index in [0.717, 1.165) is 41.4 Å². The van der Waals surface area contributed by atoms with Crippen LogP contribution in [0.4, 0.5) is 5.13 Å². The number of hydrogen-bond acceptors (Lipinski definition) is 3. The monoisotopic (exact) mass is 323 g/mol. The van der Waals surface area contributed by atoms with Gasteiger partial charge in [-0.25, -0.2) is 4.98 Å². The Morgan fingerprint density at radius 2 is 2.22 bits per heavy atom. The van der Waals surface area contributed by atoms with Gasteiger partial charge in [-0.2, -0.15) is 0 Å². The third-order valence-corrected chi connectivity index (χ3v) is 5.00. The van der Waals surface area contributed by atoms with Crippen LogP contribution in [0.25, 0.3) is 22.2 Å². The topological polar surface area (TPSA) is 57.8 Å². The maximum absolute atomic E-state index is 12.3. The highest BCUT2D eigenvalue weighted by atomic mass is 32.1. The first kappa shape index (κ1) is 14.2. The minimum atomic E-state index is 0.0699. The highest BCUT2D eigenvalue weighted by molar-refractivity contribution is 7.14. The van der Waals surface area contributed by atoms with Gasteiger partial charge in [0, 0.05) is 34.0 Å². The largest absolute Gasteiger partial charge is 0.360 e. The van der Waals surface area contributed by atoms with Crippen molar-refractivity contribution in [3.8, 4) is 11.3 Å². The predicted octanol–water partition coefficient (Wildman–Crippen LogP) is 4.59. The van der Waals surface area contributed by atoms with Gasteiger partial charge in [-0.1, -0.05) is 30.4 Å². The number of aromatic amines is 1. The highest BCUT2D eigenvalue weighted by Gasteiger charge is 2.20. The molecule has 1 atom stereocenters. The molecule has 23 heavy (non-hydrogen) atoms. The van der Waals surface area contributed by atoms with Crippen LogP contribution in [0.2, 0.25) is 0 Å². The third-order valence-electron chi connectivity index (χ3n) is 4.24. The molecule has 2 aromatic heterocycles. The van der Waals surface area contributed by atoms with Crippen LogP contribution in [0, 0.1) is 5.92 Å². The molecule has 1 aliphatic carbocycles. The number of fused-ring (bicyclic) bond motifs is 1. The van der Waals surface area contributed by atoms with E-state index in [1.54, 1.807) is 0 Å². The van der Waals surface area contributed by atoms with Crippen molar-refractivity contribution in [1.29, 1.82) is 0 Å². The molecule has 4 rings (SSSR count). The van der Waals surface area contributed by atoms with Gasteiger partial charge in [0.25, 0.3) is 0 Å². The predicted molar refractivity (Wildman–Crippen MR) is 94.5 cm³/mol. The number of para-hydroxylation sites is 1. The Bertz CT molecular complexity index is 877. The molecule has 116 valence electrons. The molecule has 1 aromatic carbocycles. The van der Waals surface area contributed by atoms with Gasteiger partial charge < -0.3 is 10.3 Å². The number of allylic oxidation sites excluding steroid dienone is 2. The van der Waals surface area contributed by atoms with Gasteiger partial charge in [0.15, 0.2) is 5.13 Å². The van der Waals surface area contributed by atoms with E-state index in [2.05, 4.69) is 33.5 Å². The Morgan fingerprint density at radius 1 is 1.30 bits per heavy atom. The number of carbonyl (C=O) groups is 1. The first-order chi connectivity index (χ1) is 11.3. The SMILES string of the molecule is O=C(Nc1nc(-c2c[nH]c3ccccc23)cs1)[C@@H]1CC=CCC1. The van der Waals surface area contributed by atoms with Crippen LogP contribution in [-0.4, -0.2) is 15.9 Å². The lowest BCUT2D eigenvalue weighted by atomic mass is 9.94. The van der Waals surface area contributed by atoms with Crippen LogP contribution in [0.15, 0.2) is 48.0 Å². The van der Waals surface area contributed by atoms with E-state index in [1.807, 2.05) is 29.8 Å². The maximum Gasteiger partial charge on any atom is 0.229 e. The minimum Gasteiger partial charge on any atom is -0.360 e. The van der Waals surface area contributed by atoms with E-state index in [9.17, 15) is 4.79 Å². The first-order valence-corrected chi connectivity index (χ1v) is 8.67. The van der Waals surface area contributed by atoms with E-state index >= 15 is 0 Å². The summed E-state index contributed by atoms with van der Waals surface area (Å²) in [5, 5.41) is 6.78. The standard InChI is InChI=1S/C18H17N3OS/c22-17(12-6-2-1-3-7-12)21-18-20-16(11-23-18)14-10-19-15-9-5-4-8-13(14)15/h1-2,4-5,8-12,19H,3,6-7H2,(H,20,21,22)/t12-/m1/s1. The Morgan fingerprint density at radius 3 is 3.09 bits per heavy atom. The third kappa shape index (κ3) is 2.80. The highest BCUT2D eigenvalue weighted by Crippen LogP contribution is 2.31. The van der Waals surface area contributed by atoms with E-state index in [4.69, 9.17) is 0 Å². The molecule has 1 amide bonds. The fourth-order valence-electron chi connectivity index (χ4n) is 2.98. The summed E-state index contributed by atoms with van der Waals surface area (Å²) < 4.78 is 0. The van der Waals surface area contributed by atoms with E-state index in [0.29, 0.717) is 5.13 Å². The second-order valence-corrected chi connectivity index (χ2v) is 6.61. The zero-order valence-corrected chi connectivity index (χ0v) is 13.4. The summed E-state index contributed by atoms with van der Waals surface area (Å²) >= 11 is 1.47. The summed E-state index contributed by atoms with van der Waals surface area (Å²) in [6.45, 7) is 0. The smallest absolute Gasteiger partial charge is 0.229 e. The molecular formula is C18H17N3OS. The van der Waals surface area contributed by atoms with Crippen molar-refractivity contribution < 1.29 is 4.79 Å². The van der Waals surface area contributed by atoms with Gasteiger partial charge in [-0.15, -0.1) is 11.3 Å². The summed E-state index contributed by atoms with van der Waals surface area (Å²) in [6, 6.07) is 8.15.